The Morgan fingerprint density at radius 3 is 2.29 bits per heavy atom. The maximum absolute atomic E-state index is 12.0. The first-order valence-electron chi connectivity index (χ1n) is 9.99. The maximum atomic E-state index is 12.0. The van der Waals surface area contributed by atoms with Gasteiger partial charge in [0.25, 0.3) is 0 Å². The van der Waals surface area contributed by atoms with E-state index in [2.05, 4.69) is 34.4 Å². The zero-order chi connectivity index (χ0) is 22.2. The number of nitrogens with two attached hydrogens (primary N) is 1. The minimum atomic E-state index is -3.49. The van der Waals surface area contributed by atoms with Gasteiger partial charge in [-0.2, -0.15) is 0 Å². The van der Waals surface area contributed by atoms with Crippen molar-refractivity contribution >= 4 is 26.6 Å². The monoisotopic (exact) mass is 435 g/mol. The van der Waals surface area contributed by atoms with E-state index in [1.807, 2.05) is 24.3 Å². The quantitative estimate of drug-likeness (QED) is 0.467. The molecule has 0 bridgehead atoms. The molecule has 4 aromatic rings. The number of nitrogen functional groups attached to an aromatic ring is 1. The van der Waals surface area contributed by atoms with Crippen LogP contribution in [-0.4, -0.2) is 27.1 Å². The van der Waals surface area contributed by atoms with Crippen molar-refractivity contribution in [1.29, 1.82) is 0 Å². The summed E-state index contributed by atoms with van der Waals surface area (Å²) >= 11 is 0. The van der Waals surface area contributed by atoms with E-state index in [4.69, 9.17) is 10.5 Å². The van der Waals surface area contributed by atoms with Gasteiger partial charge in [-0.1, -0.05) is 30.3 Å². The second-order valence-electron chi connectivity index (χ2n) is 7.20. The molecule has 6 nitrogen and oxygen atoms in total. The Kier molecular flexibility index (Phi) is 5.47. The predicted octanol–water partition coefficient (Wildman–Crippen LogP) is 4.49. The number of fused-ring (bicyclic) bond motifs is 1. The normalized spacial score (nSPS) is 11.7. The molecular weight excluding hydrogens is 410 g/mol. The van der Waals surface area contributed by atoms with Gasteiger partial charge in [-0.25, -0.2) is 13.1 Å². The molecule has 0 unspecified atom stereocenters. The summed E-state index contributed by atoms with van der Waals surface area (Å²) in [6.07, 6.45) is 0. The van der Waals surface area contributed by atoms with Crippen molar-refractivity contribution in [2.24, 2.45) is 0 Å². The van der Waals surface area contributed by atoms with Crippen LogP contribution in [0.2, 0.25) is 0 Å². The zero-order valence-corrected chi connectivity index (χ0v) is 18.5. The lowest BCUT2D eigenvalue weighted by Crippen LogP contribution is -2.18. The molecule has 31 heavy (non-hydrogen) atoms. The summed E-state index contributed by atoms with van der Waals surface area (Å²) in [5, 5.41) is 0.962. The van der Waals surface area contributed by atoms with E-state index in [1.54, 1.807) is 31.4 Å². The second kappa shape index (κ2) is 8.09. The van der Waals surface area contributed by atoms with Gasteiger partial charge in [0.1, 0.15) is 5.75 Å². The molecule has 0 radical (unpaired) electrons. The molecule has 0 fully saturated rings. The summed E-state index contributed by atoms with van der Waals surface area (Å²) in [5.41, 5.74) is 12.2. The van der Waals surface area contributed by atoms with Crippen LogP contribution in [0.25, 0.3) is 33.3 Å². The first-order chi connectivity index (χ1) is 14.9. The largest absolute Gasteiger partial charge is 0.497 e. The molecule has 0 aliphatic rings. The fraction of sp³-hybridized carbons (Fsp3) is 0.167. The number of ether oxygens (including phenoxy) is 1. The first kappa shape index (κ1) is 21.0. The molecule has 0 amide bonds. The van der Waals surface area contributed by atoms with E-state index >= 15 is 0 Å². The minimum Gasteiger partial charge on any atom is -0.497 e. The smallest absolute Gasteiger partial charge is 0.240 e. The molecule has 7 heteroatoms. The second-order valence-corrected chi connectivity index (χ2v) is 9.09. The number of anilines is 1. The van der Waals surface area contributed by atoms with E-state index in [0.717, 1.165) is 45.6 Å². The topological polar surface area (TPSA) is 86.4 Å². The molecule has 0 spiro atoms. The number of hydrogen-bond acceptors (Lipinski definition) is 4. The fourth-order valence-corrected chi connectivity index (χ4v) is 4.64. The van der Waals surface area contributed by atoms with Gasteiger partial charge in [0, 0.05) is 17.5 Å². The first-order valence-corrected chi connectivity index (χ1v) is 11.5. The van der Waals surface area contributed by atoms with Crippen LogP contribution in [0.15, 0.2) is 71.6 Å². The van der Waals surface area contributed by atoms with Crippen molar-refractivity contribution in [2.45, 2.75) is 18.4 Å². The lowest BCUT2D eigenvalue weighted by Gasteiger charge is -2.10. The Hall–Kier alpha value is -3.29. The van der Waals surface area contributed by atoms with Gasteiger partial charge in [0.15, 0.2) is 0 Å². The third-order valence-electron chi connectivity index (χ3n) is 5.53. The molecule has 3 aromatic carbocycles. The molecule has 0 atom stereocenters. The predicted molar refractivity (Wildman–Crippen MR) is 126 cm³/mol. The average molecular weight is 436 g/mol. The lowest BCUT2D eigenvalue weighted by atomic mass is 10.0. The molecule has 1 aromatic heterocycles. The highest BCUT2D eigenvalue weighted by Gasteiger charge is 2.18. The standard InChI is InChI=1S/C24H25N3O3S/c1-4-27-22-13-10-18(17-6-5-7-19(14-17)30-3)15-21(22)23(25)24(27)16-8-11-20(12-9-16)31(28,29)26-2/h5-15,26H,4,25H2,1-3H3. The third-order valence-corrected chi connectivity index (χ3v) is 6.96. The van der Waals surface area contributed by atoms with Crippen LogP contribution in [0, 0.1) is 0 Å². The van der Waals surface area contributed by atoms with Crippen LogP contribution < -0.4 is 15.2 Å². The number of aromatic nitrogens is 1. The van der Waals surface area contributed by atoms with E-state index in [-0.39, 0.29) is 4.90 Å². The van der Waals surface area contributed by atoms with E-state index in [9.17, 15) is 8.42 Å². The molecule has 1 heterocycles. The van der Waals surface area contributed by atoms with Crippen LogP contribution in [0.1, 0.15) is 6.92 Å². The summed E-state index contributed by atoms with van der Waals surface area (Å²) < 4.78 is 33.9. The molecule has 160 valence electrons. The maximum Gasteiger partial charge on any atom is 0.240 e. The minimum absolute atomic E-state index is 0.219. The molecular formula is C24H25N3O3S. The van der Waals surface area contributed by atoms with Crippen LogP contribution >= 0.6 is 0 Å². The Morgan fingerprint density at radius 1 is 0.968 bits per heavy atom. The van der Waals surface area contributed by atoms with E-state index < -0.39 is 10.0 Å². The third kappa shape index (κ3) is 3.66. The van der Waals surface area contributed by atoms with Gasteiger partial charge in [0.05, 0.1) is 28.9 Å². The number of aryl methyl sites for hydroxylation is 1. The number of benzene rings is 3. The SMILES string of the molecule is CCn1c(-c2ccc(S(=O)(=O)NC)cc2)c(N)c2cc(-c3cccc(OC)c3)ccc21. The molecule has 0 aliphatic heterocycles. The summed E-state index contributed by atoms with van der Waals surface area (Å²) in [6, 6.07) is 20.9. The summed E-state index contributed by atoms with van der Waals surface area (Å²) in [4.78, 5) is 0.219. The highest BCUT2D eigenvalue weighted by Crippen LogP contribution is 2.38. The molecule has 4 rings (SSSR count). The van der Waals surface area contributed by atoms with Crippen molar-refractivity contribution < 1.29 is 13.2 Å². The van der Waals surface area contributed by atoms with Crippen molar-refractivity contribution in [3.63, 3.8) is 0 Å². The number of sulfonamides is 1. The summed E-state index contributed by atoms with van der Waals surface area (Å²) in [7, 11) is -0.435. The average Bonchev–Trinajstić information content (AvgIpc) is 3.10. The Balaban J connectivity index is 1.86. The number of nitrogens with one attached hydrogen (secondary N) is 1. The van der Waals surface area contributed by atoms with Gasteiger partial charge >= 0.3 is 0 Å². The molecule has 0 saturated carbocycles. The number of nitrogens with zero attached hydrogens (tertiary/aromatic N) is 1. The Morgan fingerprint density at radius 2 is 1.65 bits per heavy atom. The van der Waals surface area contributed by atoms with Crippen molar-refractivity contribution in [2.75, 3.05) is 19.9 Å². The van der Waals surface area contributed by atoms with Crippen molar-refractivity contribution in [3.8, 4) is 28.1 Å². The fourth-order valence-electron chi connectivity index (χ4n) is 3.91. The van der Waals surface area contributed by atoms with Crippen molar-refractivity contribution in [3.05, 3.63) is 66.7 Å². The van der Waals surface area contributed by atoms with Gasteiger partial charge < -0.3 is 15.0 Å². The van der Waals surface area contributed by atoms with Gasteiger partial charge in [-0.05, 0) is 61.5 Å². The van der Waals surface area contributed by atoms with Crippen molar-refractivity contribution in [1.82, 2.24) is 9.29 Å². The highest BCUT2D eigenvalue weighted by molar-refractivity contribution is 7.89. The van der Waals surface area contributed by atoms with Crippen LogP contribution in [0.5, 0.6) is 5.75 Å². The van der Waals surface area contributed by atoms with E-state index in [0.29, 0.717) is 5.69 Å². The summed E-state index contributed by atoms with van der Waals surface area (Å²) in [6.45, 7) is 2.80. The number of hydrogen-bond donors (Lipinski definition) is 2. The van der Waals surface area contributed by atoms with Gasteiger partial charge in [-0.3, -0.25) is 0 Å². The number of methoxy groups -OCH3 is 1. The number of rotatable bonds is 6. The van der Waals surface area contributed by atoms with Crippen LogP contribution in [-0.2, 0) is 16.6 Å². The lowest BCUT2D eigenvalue weighted by molar-refractivity contribution is 0.415. The molecule has 3 N–H and O–H groups in total. The zero-order valence-electron chi connectivity index (χ0n) is 17.7. The Bertz CT molecular complexity index is 1360. The van der Waals surface area contributed by atoms with Gasteiger partial charge in [-0.15, -0.1) is 0 Å². The molecule has 0 aliphatic carbocycles. The van der Waals surface area contributed by atoms with Crippen LogP contribution in [0.3, 0.4) is 0 Å². The highest BCUT2D eigenvalue weighted by atomic mass is 32.2. The summed E-state index contributed by atoms with van der Waals surface area (Å²) in [5.74, 6) is 0.800. The Labute approximate surface area is 182 Å². The van der Waals surface area contributed by atoms with Crippen LogP contribution in [0.4, 0.5) is 5.69 Å². The van der Waals surface area contributed by atoms with E-state index in [1.165, 1.54) is 7.05 Å². The van der Waals surface area contributed by atoms with Gasteiger partial charge in [0.2, 0.25) is 10.0 Å². The molecule has 0 saturated heterocycles.